The van der Waals surface area contributed by atoms with Gasteiger partial charge in [-0.15, -0.1) is 22.7 Å². The second-order valence-corrected chi connectivity index (χ2v) is 12.8. The number of hydrogen-bond donors (Lipinski definition) is 1. The van der Waals surface area contributed by atoms with E-state index in [2.05, 4.69) is 9.97 Å². The molecule has 1 aliphatic rings. The Morgan fingerprint density at radius 3 is 2.31 bits per heavy atom. The maximum Gasteiger partial charge on any atom is 0.375 e. The number of likely N-dealkylation sites (N-methyl/N-ethyl adjacent to an activating group) is 1. The highest BCUT2D eigenvalue weighted by Gasteiger charge is 2.50. The van der Waals surface area contributed by atoms with E-state index in [0.29, 0.717) is 4.34 Å². The van der Waals surface area contributed by atoms with Gasteiger partial charge in [0.15, 0.2) is 14.3 Å². The van der Waals surface area contributed by atoms with Crippen molar-refractivity contribution in [3.63, 3.8) is 0 Å². The van der Waals surface area contributed by atoms with E-state index >= 15 is 0 Å². The molecule has 36 heavy (non-hydrogen) atoms. The first-order chi connectivity index (χ1) is 17.3. The van der Waals surface area contributed by atoms with E-state index in [1.807, 2.05) is 48.5 Å². The van der Waals surface area contributed by atoms with Crippen LogP contribution in [0.15, 0.2) is 67.9 Å². The van der Waals surface area contributed by atoms with E-state index in [-0.39, 0.29) is 23.8 Å². The van der Waals surface area contributed by atoms with Crippen LogP contribution in [0.1, 0.15) is 0 Å². The van der Waals surface area contributed by atoms with Gasteiger partial charge in [-0.1, -0.05) is 47.8 Å². The SMILES string of the molecule is CN(C)CC(=O)OCC1(CSc2nc3ccccc3s2)OC(=O)C(O)=C1Sc1nc2ccccc2s1. The van der Waals surface area contributed by atoms with Crippen molar-refractivity contribution in [1.29, 1.82) is 0 Å². The predicted molar refractivity (Wildman–Crippen MR) is 144 cm³/mol. The zero-order chi connectivity index (χ0) is 25.3. The standard InChI is InChI=1S/C24H21N3O5S4/c1-27(2)11-18(28)31-12-24(13-33-22-25-14-7-3-5-9-16(14)34-22)20(19(29)21(30)32-24)36-23-26-15-8-4-6-10-17(15)35-23/h3-10,29H,11-13H2,1-2H3. The van der Waals surface area contributed by atoms with Crippen LogP contribution in [0.4, 0.5) is 0 Å². The van der Waals surface area contributed by atoms with Crippen LogP contribution in [0, 0.1) is 0 Å². The second-order valence-electron chi connectivity index (χ2n) is 8.25. The van der Waals surface area contributed by atoms with Crippen molar-refractivity contribution in [2.24, 2.45) is 0 Å². The van der Waals surface area contributed by atoms with Gasteiger partial charge in [-0.2, -0.15) is 0 Å². The summed E-state index contributed by atoms with van der Waals surface area (Å²) in [6.07, 6.45) is 0. The van der Waals surface area contributed by atoms with Crippen LogP contribution in [0.2, 0.25) is 0 Å². The third-order valence-corrected chi connectivity index (χ3v) is 9.94. The van der Waals surface area contributed by atoms with E-state index in [1.54, 1.807) is 19.0 Å². The number of hydrogen-bond acceptors (Lipinski definition) is 12. The molecule has 12 heteroatoms. The molecular weight excluding hydrogens is 539 g/mol. The van der Waals surface area contributed by atoms with Crippen LogP contribution < -0.4 is 0 Å². The van der Waals surface area contributed by atoms with Gasteiger partial charge >= 0.3 is 11.9 Å². The van der Waals surface area contributed by atoms with Crippen LogP contribution in [-0.4, -0.2) is 70.5 Å². The third-order valence-electron chi connectivity index (χ3n) is 5.19. The lowest BCUT2D eigenvalue weighted by Crippen LogP contribution is -2.41. The molecule has 0 saturated heterocycles. The molecule has 8 nitrogen and oxygen atoms in total. The Morgan fingerprint density at radius 1 is 1.06 bits per heavy atom. The molecule has 0 spiro atoms. The highest BCUT2D eigenvalue weighted by atomic mass is 32.2. The molecule has 2 aromatic heterocycles. The quantitative estimate of drug-likeness (QED) is 0.224. The maximum atomic E-state index is 12.6. The maximum absolute atomic E-state index is 12.6. The second kappa shape index (κ2) is 10.4. The van der Waals surface area contributed by atoms with Gasteiger partial charge in [0.1, 0.15) is 6.61 Å². The van der Waals surface area contributed by atoms with E-state index in [0.717, 1.165) is 36.5 Å². The number of thioether (sulfide) groups is 2. The lowest BCUT2D eigenvalue weighted by Gasteiger charge is -2.29. The molecule has 0 amide bonds. The lowest BCUT2D eigenvalue weighted by atomic mass is 10.1. The highest BCUT2D eigenvalue weighted by molar-refractivity contribution is 8.05. The van der Waals surface area contributed by atoms with Gasteiger partial charge in [-0.3, -0.25) is 9.69 Å². The normalized spacial score (nSPS) is 17.9. The molecular formula is C24H21N3O5S4. The van der Waals surface area contributed by atoms with Gasteiger partial charge in [0, 0.05) is 5.75 Å². The van der Waals surface area contributed by atoms with E-state index in [4.69, 9.17) is 9.47 Å². The Hall–Kier alpha value is -2.64. The lowest BCUT2D eigenvalue weighted by molar-refractivity contribution is -0.160. The molecule has 5 rings (SSSR count). The minimum Gasteiger partial charge on any atom is -0.501 e. The number of para-hydroxylation sites is 2. The molecule has 1 atom stereocenters. The summed E-state index contributed by atoms with van der Waals surface area (Å²) in [5, 5.41) is 10.7. The molecule has 0 bridgehead atoms. The van der Waals surface area contributed by atoms with Gasteiger partial charge in [0.2, 0.25) is 5.76 Å². The first kappa shape index (κ1) is 25.0. The minimum atomic E-state index is -1.38. The highest BCUT2D eigenvalue weighted by Crippen LogP contribution is 2.47. The van der Waals surface area contributed by atoms with Gasteiger partial charge < -0.3 is 14.6 Å². The number of nitrogens with zero attached hydrogens (tertiary/aromatic N) is 3. The number of benzene rings is 2. The summed E-state index contributed by atoms with van der Waals surface area (Å²) >= 11 is 5.51. The van der Waals surface area contributed by atoms with Gasteiger partial charge in [-0.25, -0.2) is 14.8 Å². The number of thiazole rings is 2. The third kappa shape index (κ3) is 5.23. The zero-order valence-corrected chi connectivity index (χ0v) is 22.6. The molecule has 186 valence electrons. The minimum absolute atomic E-state index is 0.0745. The average Bonchev–Trinajstić information content (AvgIpc) is 3.52. The van der Waals surface area contributed by atoms with Crippen molar-refractivity contribution < 1.29 is 24.2 Å². The largest absolute Gasteiger partial charge is 0.501 e. The van der Waals surface area contributed by atoms with Gasteiger partial charge in [-0.05, 0) is 38.4 Å². The van der Waals surface area contributed by atoms with Crippen molar-refractivity contribution in [1.82, 2.24) is 14.9 Å². The monoisotopic (exact) mass is 559 g/mol. The molecule has 1 unspecified atom stereocenters. The van der Waals surface area contributed by atoms with Crippen molar-refractivity contribution in [2.75, 3.05) is 33.0 Å². The number of rotatable bonds is 9. The summed E-state index contributed by atoms with van der Waals surface area (Å²) in [5.41, 5.74) is 0.318. The summed E-state index contributed by atoms with van der Waals surface area (Å²) in [5.74, 6) is -1.61. The number of cyclic esters (lactones) is 1. The first-order valence-corrected chi connectivity index (χ1v) is 14.3. The topological polar surface area (TPSA) is 102 Å². The smallest absolute Gasteiger partial charge is 0.375 e. The number of esters is 2. The van der Waals surface area contributed by atoms with Gasteiger partial charge in [0.25, 0.3) is 0 Å². The number of aliphatic hydroxyl groups is 1. The van der Waals surface area contributed by atoms with Crippen molar-refractivity contribution in [3.05, 3.63) is 59.2 Å². The molecule has 0 saturated carbocycles. The van der Waals surface area contributed by atoms with E-state index in [9.17, 15) is 14.7 Å². The summed E-state index contributed by atoms with van der Waals surface area (Å²) < 4.78 is 14.7. The zero-order valence-electron chi connectivity index (χ0n) is 19.3. The summed E-state index contributed by atoms with van der Waals surface area (Å²) in [7, 11) is 3.52. The number of aromatic nitrogens is 2. The average molecular weight is 560 g/mol. The fourth-order valence-corrected chi connectivity index (χ4v) is 8.04. The fraction of sp³-hybridized carbons (Fsp3) is 0.250. The Labute approximate surface area is 223 Å². The molecule has 0 fully saturated rings. The molecule has 3 heterocycles. The van der Waals surface area contributed by atoms with Crippen molar-refractivity contribution in [2.45, 2.75) is 14.3 Å². The molecule has 1 aliphatic heterocycles. The Bertz CT molecular complexity index is 1410. The number of fused-ring (bicyclic) bond motifs is 2. The van der Waals surface area contributed by atoms with E-state index in [1.165, 1.54) is 34.4 Å². The van der Waals surface area contributed by atoms with Crippen molar-refractivity contribution >= 4 is 78.6 Å². The van der Waals surface area contributed by atoms with Crippen molar-refractivity contribution in [3.8, 4) is 0 Å². The number of aliphatic hydroxyl groups excluding tert-OH is 1. The Morgan fingerprint density at radius 2 is 1.67 bits per heavy atom. The summed E-state index contributed by atoms with van der Waals surface area (Å²) in [6.45, 7) is -0.161. The van der Waals surface area contributed by atoms with Gasteiger partial charge in [0.05, 0.1) is 31.9 Å². The van der Waals surface area contributed by atoms with Crippen LogP contribution in [0.5, 0.6) is 0 Å². The molecule has 4 aromatic rings. The molecule has 0 radical (unpaired) electrons. The fourth-order valence-electron chi connectivity index (χ4n) is 3.53. The molecule has 2 aromatic carbocycles. The Balaban J connectivity index is 1.45. The van der Waals surface area contributed by atoms with Crippen LogP contribution in [0.25, 0.3) is 20.4 Å². The van der Waals surface area contributed by atoms with Crippen LogP contribution >= 0.6 is 46.2 Å². The summed E-state index contributed by atoms with van der Waals surface area (Å²) in [4.78, 5) is 36.2. The predicted octanol–water partition coefficient (Wildman–Crippen LogP) is 4.96. The summed E-state index contributed by atoms with van der Waals surface area (Å²) in [6, 6.07) is 15.5. The first-order valence-electron chi connectivity index (χ1n) is 10.8. The van der Waals surface area contributed by atoms with E-state index < -0.39 is 23.3 Å². The molecule has 0 aliphatic carbocycles. The number of ether oxygens (including phenoxy) is 2. The molecule has 1 N–H and O–H groups in total. The number of carbonyl (C=O) groups excluding carboxylic acids is 2. The Kier molecular flexibility index (Phi) is 7.22. The van der Waals surface area contributed by atoms with Crippen LogP contribution in [-0.2, 0) is 19.1 Å². The number of carbonyl (C=O) groups is 2. The van der Waals surface area contributed by atoms with Crippen LogP contribution in [0.3, 0.4) is 0 Å².